The van der Waals surface area contributed by atoms with Crippen molar-refractivity contribution < 1.29 is 4.39 Å². The highest BCUT2D eigenvalue weighted by molar-refractivity contribution is 5.23. The van der Waals surface area contributed by atoms with E-state index in [9.17, 15) is 4.39 Å². The molecular weight excluding hydrogens is 179 g/mol. The summed E-state index contributed by atoms with van der Waals surface area (Å²) < 4.78 is 13.3. The summed E-state index contributed by atoms with van der Waals surface area (Å²) in [6.45, 7) is 5.03. The first kappa shape index (κ1) is 11.1. The molecule has 0 bridgehead atoms. The van der Waals surface area contributed by atoms with E-state index in [2.05, 4.69) is 5.32 Å². The van der Waals surface area contributed by atoms with Crippen LogP contribution in [0.25, 0.3) is 0 Å². The van der Waals surface area contributed by atoms with Crippen LogP contribution in [0.4, 0.5) is 4.39 Å². The van der Waals surface area contributed by atoms with Gasteiger partial charge in [0.25, 0.3) is 0 Å². The van der Waals surface area contributed by atoms with Crippen LogP contribution >= 0.6 is 0 Å². The lowest BCUT2D eigenvalue weighted by Crippen LogP contribution is -2.32. The van der Waals surface area contributed by atoms with Gasteiger partial charge in [0.05, 0.1) is 0 Å². The van der Waals surface area contributed by atoms with Crippen molar-refractivity contribution in [1.29, 1.82) is 0 Å². The quantitative estimate of drug-likeness (QED) is 0.767. The van der Waals surface area contributed by atoms with E-state index in [1.807, 2.05) is 19.9 Å². The molecule has 0 heterocycles. The average Bonchev–Trinajstić information content (AvgIpc) is 2.19. The third-order valence-corrected chi connectivity index (χ3v) is 2.20. The molecule has 0 fully saturated rings. The van der Waals surface area contributed by atoms with Crippen molar-refractivity contribution >= 4 is 0 Å². The molecule has 0 spiro atoms. The summed E-state index contributed by atoms with van der Waals surface area (Å²) in [5.41, 5.74) is 7.22. The standard InChI is InChI=1S/C11H17FN2/c1-8-3-4-11(12)10(5-8)7-14-9(2)6-13/h3-5,9,14H,6-7,13H2,1-2H3. The molecule has 0 aliphatic rings. The monoisotopic (exact) mass is 196 g/mol. The molecule has 2 nitrogen and oxygen atoms in total. The Balaban J connectivity index is 2.62. The summed E-state index contributed by atoms with van der Waals surface area (Å²) in [6, 6.07) is 5.34. The lowest BCUT2D eigenvalue weighted by molar-refractivity contribution is 0.533. The van der Waals surface area contributed by atoms with Crippen molar-refractivity contribution in [1.82, 2.24) is 5.32 Å². The number of nitrogens with two attached hydrogens (primary N) is 1. The zero-order chi connectivity index (χ0) is 10.6. The molecule has 1 atom stereocenters. The lowest BCUT2D eigenvalue weighted by Gasteiger charge is -2.11. The Hall–Kier alpha value is -0.930. The van der Waals surface area contributed by atoms with E-state index in [0.717, 1.165) is 5.56 Å². The fourth-order valence-electron chi connectivity index (χ4n) is 1.21. The van der Waals surface area contributed by atoms with Gasteiger partial charge in [0.1, 0.15) is 5.82 Å². The van der Waals surface area contributed by atoms with Gasteiger partial charge in [-0.05, 0) is 19.9 Å². The molecule has 0 amide bonds. The highest BCUT2D eigenvalue weighted by atomic mass is 19.1. The molecule has 0 radical (unpaired) electrons. The van der Waals surface area contributed by atoms with E-state index in [1.165, 1.54) is 6.07 Å². The molecule has 0 saturated heterocycles. The molecular formula is C11H17FN2. The normalized spacial score (nSPS) is 12.9. The SMILES string of the molecule is Cc1ccc(F)c(CNC(C)CN)c1. The van der Waals surface area contributed by atoms with E-state index in [1.54, 1.807) is 6.07 Å². The Bertz CT molecular complexity index is 299. The largest absolute Gasteiger partial charge is 0.329 e. The summed E-state index contributed by atoms with van der Waals surface area (Å²) >= 11 is 0. The van der Waals surface area contributed by atoms with Gasteiger partial charge in [0.15, 0.2) is 0 Å². The molecule has 14 heavy (non-hydrogen) atoms. The summed E-state index contributed by atoms with van der Waals surface area (Å²) in [5, 5.41) is 3.15. The molecule has 78 valence electrons. The van der Waals surface area contributed by atoms with Crippen LogP contribution < -0.4 is 11.1 Å². The predicted molar refractivity (Wildman–Crippen MR) is 56.5 cm³/mol. The van der Waals surface area contributed by atoms with Gasteiger partial charge in [-0.1, -0.05) is 17.7 Å². The maximum absolute atomic E-state index is 13.3. The van der Waals surface area contributed by atoms with Gasteiger partial charge in [0, 0.05) is 24.7 Å². The van der Waals surface area contributed by atoms with E-state index in [4.69, 9.17) is 5.73 Å². The second-order valence-corrected chi connectivity index (χ2v) is 3.61. The van der Waals surface area contributed by atoms with Crippen LogP contribution in [0.1, 0.15) is 18.1 Å². The van der Waals surface area contributed by atoms with Gasteiger partial charge in [-0.15, -0.1) is 0 Å². The second kappa shape index (κ2) is 5.08. The maximum Gasteiger partial charge on any atom is 0.127 e. The van der Waals surface area contributed by atoms with Gasteiger partial charge < -0.3 is 11.1 Å². The first-order valence-corrected chi connectivity index (χ1v) is 4.82. The molecule has 0 saturated carbocycles. The van der Waals surface area contributed by atoms with E-state index in [0.29, 0.717) is 18.7 Å². The van der Waals surface area contributed by atoms with Crippen molar-refractivity contribution in [3.63, 3.8) is 0 Å². The Morgan fingerprint density at radius 1 is 1.50 bits per heavy atom. The van der Waals surface area contributed by atoms with Crippen molar-refractivity contribution in [2.45, 2.75) is 26.4 Å². The summed E-state index contributed by atoms with van der Waals surface area (Å²) in [5.74, 6) is -0.160. The fourth-order valence-corrected chi connectivity index (χ4v) is 1.21. The fraction of sp³-hybridized carbons (Fsp3) is 0.455. The molecule has 3 N–H and O–H groups in total. The van der Waals surface area contributed by atoms with Crippen LogP contribution in [0.15, 0.2) is 18.2 Å². The van der Waals surface area contributed by atoms with Crippen molar-refractivity contribution in [2.24, 2.45) is 5.73 Å². The highest BCUT2D eigenvalue weighted by Crippen LogP contribution is 2.09. The van der Waals surface area contributed by atoms with Gasteiger partial charge in [-0.3, -0.25) is 0 Å². The lowest BCUT2D eigenvalue weighted by atomic mass is 10.1. The molecule has 1 rings (SSSR count). The molecule has 1 aromatic rings. The molecule has 3 heteroatoms. The summed E-state index contributed by atoms with van der Waals surface area (Å²) in [4.78, 5) is 0. The number of nitrogens with one attached hydrogen (secondary N) is 1. The zero-order valence-corrected chi connectivity index (χ0v) is 8.68. The summed E-state index contributed by atoms with van der Waals surface area (Å²) in [6.07, 6.45) is 0. The van der Waals surface area contributed by atoms with Crippen molar-refractivity contribution in [3.8, 4) is 0 Å². The smallest absolute Gasteiger partial charge is 0.127 e. The van der Waals surface area contributed by atoms with E-state index >= 15 is 0 Å². The average molecular weight is 196 g/mol. The first-order chi connectivity index (χ1) is 6.63. The van der Waals surface area contributed by atoms with Crippen LogP contribution in [0.2, 0.25) is 0 Å². The van der Waals surface area contributed by atoms with Gasteiger partial charge >= 0.3 is 0 Å². The Morgan fingerprint density at radius 3 is 2.86 bits per heavy atom. The molecule has 0 aromatic heterocycles. The third-order valence-electron chi connectivity index (χ3n) is 2.20. The Labute approximate surface area is 84.3 Å². The molecule has 1 aromatic carbocycles. The molecule has 1 unspecified atom stereocenters. The zero-order valence-electron chi connectivity index (χ0n) is 8.68. The minimum absolute atomic E-state index is 0.160. The van der Waals surface area contributed by atoms with Crippen LogP contribution in [-0.4, -0.2) is 12.6 Å². The van der Waals surface area contributed by atoms with Crippen LogP contribution in [-0.2, 0) is 6.54 Å². The van der Waals surface area contributed by atoms with Gasteiger partial charge in [0.2, 0.25) is 0 Å². The third kappa shape index (κ3) is 3.09. The van der Waals surface area contributed by atoms with Gasteiger partial charge in [-0.2, -0.15) is 0 Å². The van der Waals surface area contributed by atoms with Crippen LogP contribution in [0.3, 0.4) is 0 Å². The van der Waals surface area contributed by atoms with Crippen LogP contribution in [0.5, 0.6) is 0 Å². The number of halogens is 1. The second-order valence-electron chi connectivity index (χ2n) is 3.61. The number of rotatable bonds is 4. The van der Waals surface area contributed by atoms with Crippen molar-refractivity contribution in [3.05, 3.63) is 35.1 Å². The van der Waals surface area contributed by atoms with Gasteiger partial charge in [-0.25, -0.2) is 4.39 Å². The number of hydrogen-bond donors (Lipinski definition) is 2. The van der Waals surface area contributed by atoms with Crippen molar-refractivity contribution in [2.75, 3.05) is 6.54 Å². The Morgan fingerprint density at radius 2 is 2.21 bits per heavy atom. The van der Waals surface area contributed by atoms with Crippen LogP contribution in [0, 0.1) is 12.7 Å². The number of aryl methyl sites for hydroxylation is 1. The van der Waals surface area contributed by atoms with E-state index < -0.39 is 0 Å². The highest BCUT2D eigenvalue weighted by Gasteiger charge is 2.03. The number of benzene rings is 1. The summed E-state index contributed by atoms with van der Waals surface area (Å²) in [7, 11) is 0. The van der Waals surface area contributed by atoms with E-state index in [-0.39, 0.29) is 11.9 Å². The number of hydrogen-bond acceptors (Lipinski definition) is 2. The topological polar surface area (TPSA) is 38.0 Å². The molecule has 0 aliphatic carbocycles. The molecule has 0 aliphatic heterocycles. The minimum atomic E-state index is -0.160. The first-order valence-electron chi connectivity index (χ1n) is 4.82. The Kier molecular flexibility index (Phi) is 4.04. The predicted octanol–water partition coefficient (Wildman–Crippen LogP) is 1.57. The minimum Gasteiger partial charge on any atom is -0.329 e. The maximum atomic E-state index is 13.3.